The van der Waals surface area contributed by atoms with Gasteiger partial charge in [-0.3, -0.25) is 24.0 Å². The number of nitrogens with zero attached hydrogens (tertiary/aromatic N) is 1. The Morgan fingerprint density at radius 3 is 2.00 bits per heavy atom. The van der Waals surface area contributed by atoms with Crippen LogP contribution in [0.3, 0.4) is 0 Å². The minimum absolute atomic E-state index is 0.120. The summed E-state index contributed by atoms with van der Waals surface area (Å²) in [5.41, 5.74) is 11.2. The molecule has 200 valence electrons. The Labute approximate surface area is 205 Å². The van der Waals surface area contributed by atoms with Crippen molar-refractivity contribution in [2.24, 2.45) is 11.5 Å². The first-order valence-electron chi connectivity index (χ1n) is 10.9. The monoisotopic (exact) mass is 513 g/mol. The maximum atomic E-state index is 13.0. The molecule has 0 saturated carbocycles. The van der Waals surface area contributed by atoms with Crippen molar-refractivity contribution in [2.75, 3.05) is 0 Å². The number of hydrogen-bond donors (Lipinski definition) is 9. The van der Waals surface area contributed by atoms with E-state index in [2.05, 4.69) is 25.9 Å². The van der Waals surface area contributed by atoms with Gasteiger partial charge in [0, 0.05) is 31.2 Å². The van der Waals surface area contributed by atoms with Crippen LogP contribution in [0.4, 0.5) is 0 Å². The molecule has 1 aromatic heterocycles. The van der Waals surface area contributed by atoms with E-state index >= 15 is 0 Å². The third-order valence-electron chi connectivity index (χ3n) is 5.01. The summed E-state index contributed by atoms with van der Waals surface area (Å²) in [6.07, 6.45) is -0.261. The van der Waals surface area contributed by atoms with Crippen LogP contribution in [0.15, 0.2) is 12.5 Å². The number of carboxylic acids is 2. The second kappa shape index (κ2) is 14.4. The molecular formula is C20H31N7O9. The van der Waals surface area contributed by atoms with Crippen LogP contribution in [-0.2, 0) is 35.2 Å². The van der Waals surface area contributed by atoms with Gasteiger partial charge in [-0.2, -0.15) is 0 Å². The van der Waals surface area contributed by atoms with Crippen LogP contribution in [0.5, 0.6) is 0 Å². The zero-order valence-electron chi connectivity index (χ0n) is 19.5. The number of imidazole rings is 1. The Bertz CT molecular complexity index is 936. The van der Waals surface area contributed by atoms with Crippen molar-refractivity contribution in [3.05, 3.63) is 18.2 Å². The number of aromatic nitrogens is 2. The van der Waals surface area contributed by atoms with E-state index in [4.69, 9.17) is 16.6 Å². The van der Waals surface area contributed by atoms with Crippen molar-refractivity contribution >= 4 is 35.6 Å². The average Bonchev–Trinajstić information content (AvgIpc) is 3.30. The smallest absolute Gasteiger partial charge is 0.326 e. The molecule has 16 nitrogen and oxygen atoms in total. The molecule has 1 heterocycles. The summed E-state index contributed by atoms with van der Waals surface area (Å²) in [7, 11) is 0. The average molecular weight is 514 g/mol. The highest BCUT2D eigenvalue weighted by Gasteiger charge is 2.31. The van der Waals surface area contributed by atoms with Crippen molar-refractivity contribution in [3.63, 3.8) is 0 Å². The van der Waals surface area contributed by atoms with Gasteiger partial charge in [0.15, 0.2) is 0 Å². The van der Waals surface area contributed by atoms with Gasteiger partial charge < -0.3 is 47.7 Å². The Morgan fingerprint density at radius 1 is 0.944 bits per heavy atom. The number of H-pyrrole nitrogens is 1. The molecular weight excluding hydrogens is 482 g/mol. The molecule has 0 spiro atoms. The van der Waals surface area contributed by atoms with Crippen molar-refractivity contribution in [1.82, 2.24) is 25.9 Å². The van der Waals surface area contributed by atoms with Crippen LogP contribution in [0.25, 0.3) is 0 Å². The predicted octanol–water partition coefficient (Wildman–Crippen LogP) is -3.67. The largest absolute Gasteiger partial charge is 0.481 e. The van der Waals surface area contributed by atoms with Crippen molar-refractivity contribution in [1.29, 1.82) is 0 Å². The minimum Gasteiger partial charge on any atom is -0.481 e. The molecule has 0 aliphatic carbocycles. The zero-order chi connectivity index (χ0) is 27.4. The first-order chi connectivity index (χ1) is 16.8. The fourth-order valence-corrected chi connectivity index (χ4v) is 2.94. The van der Waals surface area contributed by atoms with E-state index in [1.807, 2.05) is 0 Å². The highest BCUT2D eigenvalue weighted by molar-refractivity contribution is 5.94. The second-order valence-electron chi connectivity index (χ2n) is 8.01. The third-order valence-corrected chi connectivity index (χ3v) is 5.01. The van der Waals surface area contributed by atoms with E-state index < -0.39 is 78.7 Å². The van der Waals surface area contributed by atoms with Crippen LogP contribution in [0.1, 0.15) is 38.3 Å². The number of aliphatic hydroxyl groups is 1. The molecule has 0 saturated heterocycles. The quantitative estimate of drug-likeness (QED) is 0.104. The molecule has 16 heteroatoms. The van der Waals surface area contributed by atoms with Gasteiger partial charge in [0.2, 0.25) is 23.6 Å². The lowest BCUT2D eigenvalue weighted by Crippen LogP contribution is -2.58. The number of carboxylic acid groups (broad SMARTS) is 2. The lowest BCUT2D eigenvalue weighted by molar-refractivity contribution is -0.143. The number of hydrogen-bond acceptors (Lipinski definition) is 9. The van der Waals surface area contributed by atoms with Crippen molar-refractivity contribution < 1.29 is 44.1 Å². The summed E-state index contributed by atoms with van der Waals surface area (Å²) >= 11 is 0. The Hall–Kier alpha value is -4.05. The van der Waals surface area contributed by atoms with Gasteiger partial charge in [-0.05, 0) is 19.8 Å². The summed E-state index contributed by atoms with van der Waals surface area (Å²) in [5.74, 6) is -6.33. The molecule has 4 amide bonds. The molecule has 36 heavy (non-hydrogen) atoms. The number of nitrogens with two attached hydrogens (primary N) is 2. The van der Waals surface area contributed by atoms with Gasteiger partial charge in [0.25, 0.3) is 0 Å². The molecule has 5 atom stereocenters. The molecule has 0 aliphatic rings. The number of aliphatic hydroxyl groups excluding tert-OH is 1. The third kappa shape index (κ3) is 10.5. The fourth-order valence-electron chi connectivity index (χ4n) is 2.94. The van der Waals surface area contributed by atoms with E-state index in [-0.39, 0.29) is 19.3 Å². The standard InChI is InChI=1S/C20H31N7O9/c1-9(28)16(22)19(34)27-13(6-10-7-23-8-24-10)18(33)25-11(2-4-14(21)29)17(32)26-12(20(35)36)3-5-15(30)31/h7-9,11-13,16,28H,2-6,22H2,1H3,(H2,21,29)(H,23,24)(H,25,33)(H,26,32)(H,27,34)(H,30,31)(H,35,36). The first-order valence-corrected chi connectivity index (χ1v) is 10.9. The number of rotatable bonds is 16. The Morgan fingerprint density at radius 2 is 1.50 bits per heavy atom. The lowest BCUT2D eigenvalue weighted by Gasteiger charge is -2.25. The van der Waals surface area contributed by atoms with E-state index in [0.717, 1.165) is 0 Å². The van der Waals surface area contributed by atoms with Crippen LogP contribution < -0.4 is 27.4 Å². The number of carbonyl (C=O) groups excluding carboxylic acids is 4. The number of aliphatic carboxylic acids is 2. The summed E-state index contributed by atoms with van der Waals surface area (Å²) in [5, 5.41) is 34.5. The molecule has 0 radical (unpaired) electrons. The summed E-state index contributed by atoms with van der Waals surface area (Å²) in [6, 6.07) is -5.70. The van der Waals surface area contributed by atoms with Crippen LogP contribution >= 0.6 is 0 Å². The van der Waals surface area contributed by atoms with E-state index in [1.165, 1.54) is 19.4 Å². The maximum Gasteiger partial charge on any atom is 0.326 e. The molecule has 1 aromatic rings. The van der Waals surface area contributed by atoms with Gasteiger partial charge >= 0.3 is 11.9 Å². The number of primary amides is 1. The van der Waals surface area contributed by atoms with Gasteiger partial charge in [-0.15, -0.1) is 0 Å². The van der Waals surface area contributed by atoms with E-state index in [9.17, 15) is 39.0 Å². The molecule has 11 N–H and O–H groups in total. The van der Waals surface area contributed by atoms with Crippen molar-refractivity contribution in [3.8, 4) is 0 Å². The van der Waals surface area contributed by atoms with E-state index in [1.54, 1.807) is 0 Å². The van der Waals surface area contributed by atoms with Crippen LogP contribution in [0, 0.1) is 0 Å². The molecule has 5 unspecified atom stereocenters. The van der Waals surface area contributed by atoms with Crippen LogP contribution in [-0.4, -0.2) is 91.1 Å². The molecule has 0 bridgehead atoms. The summed E-state index contributed by atoms with van der Waals surface area (Å²) in [6.45, 7) is 1.28. The molecule has 0 fully saturated rings. The maximum absolute atomic E-state index is 13.0. The van der Waals surface area contributed by atoms with Gasteiger partial charge in [-0.1, -0.05) is 0 Å². The minimum atomic E-state index is -1.58. The number of aromatic amines is 1. The van der Waals surface area contributed by atoms with E-state index in [0.29, 0.717) is 5.69 Å². The number of carbonyl (C=O) groups is 6. The summed E-state index contributed by atoms with van der Waals surface area (Å²) < 4.78 is 0. The predicted molar refractivity (Wildman–Crippen MR) is 121 cm³/mol. The Balaban J connectivity index is 3.08. The highest BCUT2D eigenvalue weighted by atomic mass is 16.4. The topological polar surface area (TPSA) is 280 Å². The lowest BCUT2D eigenvalue weighted by atomic mass is 10.1. The summed E-state index contributed by atoms with van der Waals surface area (Å²) in [4.78, 5) is 78.2. The molecule has 0 aromatic carbocycles. The fraction of sp³-hybridized carbons (Fsp3) is 0.550. The normalized spacial score (nSPS) is 15.0. The van der Waals surface area contributed by atoms with Crippen molar-refractivity contribution in [2.45, 2.75) is 69.3 Å². The molecule has 0 aliphatic heterocycles. The zero-order valence-corrected chi connectivity index (χ0v) is 19.5. The second-order valence-corrected chi connectivity index (χ2v) is 8.01. The van der Waals surface area contributed by atoms with Gasteiger partial charge in [0.1, 0.15) is 24.2 Å². The number of amides is 4. The van der Waals surface area contributed by atoms with Gasteiger partial charge in [0.05, 0.1) is 12.4 Å². The molecule has 1 rings (SSSR count). The van der Waals surface area contributed by atoms with Crippen LogP contribution in [0.2, 0.25) is 0 Å². The highest BCUT2D eigenvalue weighted by Crippen LogP contribution is 2.06. The Kier molecular flexibility index (Phi) is 12.0. The SMILES string of the molecule is CC(O)C(N)C(=O)NC(Cc1cnc[nH]1)C(=O)NC(CCC(N)=O)C(=O)NC(CCC(=O)O)C(=O)O. The number of nitrogens with one attached hydrogen (secondary N) is 4. The first kappa shape index (κ1) is 30.0. The van der Waals surface area contributed by atoms with Gasteiger partial charge in [-0.25, -0.2) is 9.78 Å².